The standard InChI is InChI=1S/C23H25N5O3S/c1-3-12-28-22(17-8-7-11-24-13-17)25-26-23(28)32-16-21(29)27(4-2)14-18-15-30-19-9-5-6-10-20(19)31-18/h3,5-11,13,18H,1,4,12,14-16H2,2H3/t18-/m0/s1. The number of nitrogens with zero attached hydrogens (tertiary/aromatic N) is 5. The van der Waals surface area contributed by atoms with Gasteiger partial charge < -0.3 is 14.4 Å². The number of amides is 1. The third kappa shape index (κ3) is 4.94. The summed E-state index contributed by atoms with van der Waals surface area (Å²) in [5, 5.41) is 9.27. The molecule has 32 heavy (non-hydrogen) atoms. The van der Waals surface area contributed by atoms with Crippen molar-refractivity contribution in [2.75, 3.05) is 25.4 Å². The molecule has 166 valence electrons. The first-order valence-electron chi connectivity index (χ1n) is 10.4. The molecule has 0 unspecified atom stereocenters. The Hall–Kier alpha value is -3.33. The fourth-order valence-corrected chi connectivity index (χ4v) is 4.27. The van der Waals surface area contributed by atoms with Crippen LogP contribution >= 0.6 is 11.8 Å². The van der Waals surface area contributed by atoms with Crippen molar-refractivity contribution < 1.29 is 14.3 Å². The highest BCUT2D eigenvalue weighted by molar-refractivity contribution is 7.99. The third-order valence-corrected chi connectivity index (χ3v) is 5.95. The van der Waals surface area contributed by atoms with Crippen LogP contribution in [0, 0.1) is 0 Å². The Morgan fingerprint density at radius 3 is 2.88 bits per heavy atom. The molecule has 0 N–H and O–H groups in total. The maximum Gasteiger partial charge on any atom is 0.233 e. The summed E-state index contributed by atoms with van der Waals surface area (Å²) in [7, 11) is 0. The molecule has 3 aromatic rings. The van der Waals surface area contributed by atoms with E-state index in [2.05, 4.69) is 21.8 Å². The fraction of sp³-hybridized carbons (Fsp3) is 0.304. The second-order valence-corrected chi connectivity index (χ2v) is 8.11. The Kier molecular flexibility index (Phi) is 7.06. The highest BCUT2D eigenvalue weighted by atomic mass is 32.2. The van der Waals surface area contributed by atoms with Crippen LogP contribution in [0.5, 0.6) is 11.5 Å². The van der Waals surface area contributed by atoms with Crippen LogP contribution in [0.1, 0.15) is 6.92 Å². The summed E-state index contributed by atoms with van der Waals surface area (Å²) in [6.45, 7) is 7.79. The maximum atomic E-state index is 12.9. The molecule has 0 radical (unpaired) electrons. The largest absolute Gasteiger partial charge is 0.486 e. The van der Waals surface area contributed by atoms with Crippen molar-refractivity contribution in [3.8, 4) is 22.9 Å². The Bertz CT molecular complexity index is 1070. The highest BCUT2D eigenvalue weighted by Gasteiger charge is 2.25. The van der Waals surface area contributed by atoms with Gasteiger partial charge in [-0.3, -0.25) is 14.3 Å². The maximum absolute atomic E-state index is 12.9. The van der Waals surface area contributed by atoms with E-state index in [1.165, 1.54) is 11.8 Å². The number of pyridine rings is 1. The van der Waals surface area contributed by atoms with Crippen LogP contribution in [0.2, 0.25) is 0 Å². The lowest BCUT2D eigenvalue weighted by Gasteiger charge is -2.30. The minimum Gasteiger partial charge on any atom is -0.486 e. The average molecular weight is 452 g/mol. The molecule has 2 aromatic heterocycles. The molecule has 1 atom stereocenters. The molecule has 1 amide bonds. The molecule has 1 aliphatic heterocycles. The van der Waals surface area contributed by atoms with E-state index in [1.807, 2.05) is 47.9 Å². The minimum absolute atomic E-state index is 0.0102. The highest BCUT2D eigenvalue weighted by Crippen LogP contribution is 2.31. The second-order valence-electron chi connectivity index (χ2n) is 7.17. The van der Waals surface area contributed by atoms with E-state index in [9.17, 15) is 4.79 Å². The number of rotatable bonds is 9. The molecule has 0 saturated heterocycles. The van der Waals surface area contributed by atoms with Crippen LogP contribution in [-0.4, -0.2) is 62.1 Å². The van der Waals surface area contributed by atoms with Gasteiger partial charge in [0.15, 0.2) is 28.6 Å². The molecule has 1 aliphatic rings. The van der Waals surface area contributed by atoms with Crippen LogP contribution in [0.3, 0.4) is 0 Å². The van der Waals surface area contributed by atoms with Crippen molar-refractivity contribution in [1.82, 2.24) is 24.6 Å². The average Bonchev–Trinajstić information content (AvgIpc) is 3.24. The minimum atomic E-state index is -0.208. The van der Waals surface area contributed by atoms with Crippen LogP contribution in [0.25, 0.3) is 11.4 Å². The summed E-state index contributed by atoms with van der Waals surface area (Å²) in [5.74, 6) is 2.41. The monoisotopic (exact) mass is 451 g/mol. The first kappa shape index (κ1) is 21.9. The smallest absolute Gasteiger partial charge is 0.233 e. The SMILES string of the molecule is C=CCn1c(SCC(=O)N(CC)C[C@H]2COc3ccccc3O2)nnc1-c1cccnc1. The van der Waals surface area contributed by atoms with E-state index < -0.39 is 0 Å². The van der Waals surface area contributed by atoms with Crippen molar-refractivity contribution in [3.05, 3.63) is 61.4 Å². The Morgan fingerprint density at radius 1 is 1.28 bits per heavy atom. The summed E-state index contributed by atoms with van der Waals surface area (Å²) >= 11 is 1.36. The number of allylic oxidation sites excluding steroid dienone is 1. The number of ether oxygens (including phenoxy) is 2. The number of carbonyl (C=O) groups excluding carboxylic acids is 1. The molecule has 0 bridgehead atoms. The lowest BCUT2D eigenvalue weighted by molar-refractivity contribution is -0.129. The molecule has 0 spiro atoms. The number of carbonyl (C=O) groups is 1. The first-order valence-corrected chi connectivity index (χ1v) is 11.4. The fourth-order valence-electron chi connectivity index (χ4n) is 3.42. The van der Waals surface area contributed by atoms with Gasteiger partial charge in [-0.2, -0.15) is 0 Å². The molecular formula is C23H25N5O3S. The summed E-state index contributed by atoms with van der Waals surface area (Å²) in [6.07, 6.45) is 5.03. The summed E-state index contributed by atoms with van der Waals surface area (Å²) in [5.41, 5.74) is 0.866. The van der Waals surface area contributed by atoms with Gasteiger partial charge in [0.05, 0.1) is 12.3 Å². The zero-order valence-corrected chi connectivity index (χ0v) is 18.7. The number of thioether (sulfide) groups is 1. The van der Waals surface area contributed by atoms with E-state index in [0.717, 1.165) is 11.3 Å². The molecular weight excluding hydrogens is 426 g/mol. The lowest BCUT2D eigenvalue weighted by Crippen LogP contribution is -2.44. The van der Waals surface area contributed by atoms with Gasteiger partial charge in [0, 0.05) is 31.0 Å². The topological polar surface area (TPSA) is 82.4 Å². The van der Waals surface area contributed by atoms with Gasteiger partial charge >= 0.3 is 0 Å². The molecule has 1 aromatic carbocycles. The summed E-state index contributed by atoms with van der Waals surface area (Å²) < 4.78 is 13.7. The first-order chi connectivity index (χ1) is 15.7. The normalized spacial score (nSPS) is 14.7. The molecule has 8 nitrogen and oxygen atoms in total. The van der Waals surface area contributed by atoms with E-state index >= 15 is 0 Å². The Morgan fingerprint density at radius 2 is 2.12 bits per heavy atom. The Labute approximate surface area is 191 Å². The van der Waals surface area contributed by atoms with Crippen LogP contribution < -0.4 is 9.47 Å². The lowest BCUT2D eigenvalue weighted by atomic mass is 10.2. The molecule has 4 rings (SSSR count). The van der Waals surface area contributed by atoms with E-state index in [1.54, 1.807) is 23.4 Å². The van der Waals surface area contributed by atoms with E-state index in [4.69, 9.17) is 9.47 Å². The van der Waals surface area contributed by atoms with Gasteiger partial charge in [0.25, 0.3) is 0 Å². The van der Waals surface area contributed by atoms with Crippen molar-refractivity contribution in [2.45, 2.75) is 24.7 Å². The van der Waals surface area contributed by atoms with Crippen molar-refractivity contribution in [1.29, 1.82) is 0 Å². The number of hydrogen-bond acceptors (Lipinski definition) is 7. The van der Waals surface area contributed by atoms with Gasteiger partial charge in [-0.25, -0.2) is 0 Å². The predicted molar refractivity (Wildman–Crippen MR) is 123 cm³/mol. The van der Waals surface area contributed by atoms with Crippen LogP contribution in [0.4, 0.5) is 0 Å². The number of benzene rings is 1. The van der Waals surface area contributed by atoms with Crippen molar-refractivity contribution in [2.24, 2.45) is 0 Å². The van der Waals surface area contributed by atoms with Crippen molar-refractivity contribution >= 4 is 17.7 Å². The summed E-state index contributed by atoms with van der Waals surface area (Å²) in [4.78, 5) is 18.9. The summed E-state index contributed by atoms with van der Waals surface area (Å²) in [6, 6.07) is 11.4. The Balaban J connectivity index is 1.39. The zero-order valence-electron chi connectivity index (χ0n) is 17.9. The van der Waals surface area contributed by atoms with Gasteiger partial charge in [0.1, 0.15) is 6.61 Å². The number of fused-ring (bicyclic) bond motifs is 1. The van der Waals surface area contributed by atoms with Crippen LogP contribution in [-0.2, 0) is 11.3 Å². The molecule has 9 heteroatoms. The molecule has 3 heterocycles. The number of aromatic nitrogens is 4. The van der Waals surface area contributed by atoms with Crippen molar-refractivity contribution in [3.63, 3.8) is 0 Å². The predicted octanol–water partition coefficient (Wildman–Crippen LogP) is 3.31. The quantitative estimate of drug-likeness (QED) is 0.365. The van der Waals surface area contributed by atoms with E-state index in [-0.39, 0.29) is 17.8 Å². The van der Waals surface area contributed by atoms with Gasteiger partial charge in [-0.15, -0.1) is 16.8 Å². The second kappa shape index (κ2) is 10.3. The van der Waals surface area contributed by atoms with Gasteiger partial charge in [-0.05, 0) is 31.2 Å². The number of para-hydroxylation sites is 2. The number of hydrogen-bond donors (Lipinski definition) is 0. The molecule has 0 saturated carbocycles. The van der Waals surface area contributed by atoms with Gasteiger partial charge in [-0.1, -0.05) is 30.0 Å². The van der Waals surface area contributed by atoms with Crippen LogP contribution in [0.15, 0.2) is 66.6 Å². The molecule has 0 fully saturated rings. The number of likely N-dealkylation sites (N-methyl/N-ethyl adjacent to an activating group) is 1. The molecule has 0 aliphatic carbocycles. The zero-order chi connectivity index (χ0) is 22.3. The van der Waals surface area contributed by atoms with E-state index in [0.29, 0.717) is 43.0 Å². The third-order valence-electron chi connectivity index (χ3n) is 5.00. The van der Waals surface area contributed by atoms with Gasteiger partial charge in [0.2, 0.25) is 5.91 Å².